The molecule has 1 heterocycles. The number of sulfonamides is 1. The molecule has 1 saturated heterocycles. The van der Waals surface area contributed by atoms with Gasteiger partial charge in [-0.05, 0) is 36.5 Å². The third kappa shape index (κ3) is 3.13. The zero-order valence-corrected chi connectivity index (χ0v) is 12.8. The highest BCUT2D eigenvalue weighted by molar-refractivity contribution is 7.88. The number of anilines is 1. The fourth-order valence-corrected chi connectivity index (χ4v) is 3.77. The van der Waals surface area contributed by atoms with E-state index in [0.29, 0.717) is 42.2 Å². The van der Waals surface area contributed by atoms with Crippen molar-refractivity contribution >= 4 is 33.5 Å². The van der Waals surface area contributed by atoms with Crippen LogP contribution in [-0.4, -0.2) is 38.3 Å². The van der Waals surface area contributed by atoms with Crippen LogP contribution in [0.25, 0.3) is 0 Å². The number of nitrogens with two attached hydrogens (primary N) is 1. The average Bonchev–Trinajstić information content (AvgIpc) is 2.37. The molecular formula is C13H18ClN3O2S. The van der Waals surface area contributed by atoms with E-state index in [0.717, 1.165) is 5.56 Å². The summed E-state index contributed by atoms with van der Waals surface area (Å²) in [6.07, 6.45) is 3.90. The summed E-state index contributed by atoms with van der Waals surface area (Å²) in [5.74, 6) is 0.186. The van der Waals surface area contributed by atoms with Crippen LogP contribution in [0.15, 0.2) is 12.1 Å². The molecule has 0 aromatic heterocycles. The van der Waals surface area contributed by atoms with Crippen LogP contribution in [0, 0.1) is 5.41 Å². The molecular weight excluding hydrogens is 298 g/mol. The Morgan fingerprint density at radius 3 is 2.50 bits per heavy atom. The normalized spacial score (nSPS) is 18.1. The maximum absolute atomic E-state index is 11.5. The molecule has 1 aliphatic rings. The van der Waals surface area contributed by atoms with E-state index in [1.54, 1.807) is 6.07 Å². The summed E-state index contributed by atoms with van der Waals surface area (Å²) in [5, 5.41) is 8.05. The van der Waals surface area contributed by atoms with E-state index < -0.39 is 10.0 Å². The summed E-state index contributed by atoms with van der Waals surface area (Å²) in [7, 11) is -3.13. The second kappa shape index (κ2) is 5.71. The molecule has 1 aliphatic heterocycles. The lowest BCUT2D eigenvalue weighted by Crippen LogP contribution is -2.37. The van der Waals surface area contributed by atoms with Crippen molar-refractivity contribution in [1.29, 1.82) is 5.41 Å². The number of nitrogen functional groups attached to an aromatic ring is 1. The monoisotopic (exact) mass is 315 g/mol. The Morgan fingerprint density at radius 2 is 2.00 bits per heavy atom. The number of nitrogens with zero attached hydrogens (tertiary/aromatic N) is 1. The summed E-state index contributed by atoms with van der Waals surface area (Å²) in [4.78, 5) is 0. The van der Waals surface area contributed by atoms with Crippen molar-refractivity contribution in [2.24, 2.45) is 0 Å². The SMILES string of the molecule is CS(=O)(=O)N1CCC(c2cc(Cl)cc(N)c2C=N)CC1. The summed E-state index contributed by atoms with van der Waals surface area (Å²) in [6, 6.07) is 3.47. The van der Waals surface area contributed by atoms with Gasteiger partial charge in [0.05, 0.1) is 6.26 Å². The van der Waals surface area contributed by atoms with Crippen LogP contribution in [-0.2, 0) is 10.0 Å². The number of halogens is 1. The van der Waals surface area contributed by atoms with E-state index in [-0.39, 0.29) is 5.92 Å². The summed E-state index contributed by atoms with van der Waals surface area (Å²) in [6.45, 7) is 0.987. The molecule has 5 nitrogen and oxygen atoms in total. The minimum atomic E-state index is -3.13. The fraction of sp³-hybridized carbons (Fsp3) is 0.462. The van der Waals surface area contributed by atoms with Crippen molar-refractivity contribution in [3.8, 4) is 0 Å². The van der Waals surface area contributed by atoms with Gasteiger partial charge in [0.25, 0.3) is 0 Å². The lowest BCUT2D eigenvalue weighted by Gasteiger charge is -2.31. The number of nitrogens with one attached hydrogen (secondary N) is 1. The maximum Gasteiger partial charge on any atom is 0.211 e. The highest BCUT2D eigenvalue weighted by Crippen LogP contribution is 2.34. The highest BCUT2D eigenvalue weighted by Gasteiger charge is 2.27. The van der Waals surface area contributed by atoms with Gasteiger partial charge in [0.1, 0.15) is 0 Å². The van der Waals surface area contributed by atoms with Crippen molar-refractivity contribution in [3.05, 3.63) is 28.3 Å². The van der Waals surface area contributed by atoms with Gasteiger partial charge in [0.2, 0.25) is 10.0 Å². The minimum absolute atomic E-state index is 0.186. The first kappa shape index (κ1) is 15.3. The zero-order valence-electron chi connectivity index (χ0n) is 11.3. The van der Waals surface area contributed by atoms with Crippen LogP contribution in [0.3, 0.4) is 0 Å². The Hall–Kier alpha value is -1.11. The Morgan fingerprint density at radius 1 is 1.40 bits per heavy atom. The van der Waals surface area contributed by atoms with Crippen LogP contribution < -0.4 is 5.73 Å². The van der Waals surface area contributed by atoms with Crippen LogP contribution >= 0.6 is 11.6 Å². The molecule has 0 aliphatic carbocycles. The van der Waals surface area contributed by atoms with Gasteiger partial charge >= 0.3 is 0 Å². The third-order valence-electron chi connectivity index (χ3n) is 3.72. The molecule has 110 valence electrons. The van der Waals surface area contributed by atoms with Crippen molar-refractivity contribution in [2.75, 3.05) is 25.1 Å². The highest BCUT2D eigenvalue weighted by atomic mass is 35.5. The second-order valence-electron chi connectivity index (χ2n) is 5.08. The smallest absolute Gasteiger partial charge is 0.211 e. The number of hydrogen-bond donors (Lipinski definition) is 2. The van der Waals surface area contributed by atoms with Gasteiger partial charge in [-0.25, -0.2) is 12.7 Å². The molecule has 3 N–H and O–H groups in total. The van der Waals surface area contributed by atoms with Gasteiger partial charge in [0.15, 0.2) is 0 Å². The largest absolute Gasteiger partial charge is 0.398 e. The van der Waals surface area contributed by atoms with Gasteiger partial charge in [-0.15, -0.1) is 0 Å². The number of piperidine rings is 1. The Balaban J connectivity index is 2.25. The molecule has 20 heavy (non-hydrogen) atoms. The first-order valence-corrected chi connectivity index (χ1v) is 8.60. The van der Waals surface area contributed by atoms with E-state index in [9.17, 15) is 8.42 Å². The van der Waals surface area contributed by atoms with Gasteiger partial charge in [-0.1, -0.05) is 11.6 Å². The van der Waals surface area contributed by atoms with Crippen LogP contribution in [0.2, 0.25) is 5.02 Å². The molecule has 0 unspecified atom stereocenters. The Bertz CT molecular complexity index is 623. The van der Waals surface area contributed by atoms with E-state index in [4.69, 9.17) is 22.7 Å². The first-order chi connectivity index (χ1) is 9.32. The molecule has 2 rings (SSSR count). The topological polar surface area (TPSA) is 87.2 Å². The van der Waals surface area contributed by atoms with Crippen molar-refractivity contribution in [2.45, 2.75) is 18.8 Å². The van der Waals surface area contributed by atoms with Gasteiger partial charge in [-0.3, -0.25) is 0 Å². The van der Waals surface area contributed by atoms with E-state index >= 15 is 0 Å². The number of hydrogen-bond acceptors (Lipinski definition) is 4. The van der Waals surface area contributed by atoms with Crippen LogP contribution in [0.1, 0.15) is 29.9 Å². The van der Waals surface area contributed by atoms with Crippen LogP contribution in [0.4, 0.5) is 5.69 Å². The molecule has 0 radical (unpaired) electrons. The maximum atomic E-state index is 11.5. The Labute approximate surface area is 124 Å². The molecule has 0 bridgehead atoms. The quantitative estimate of drug-likeness (QED) is 0.661. The summed E-state index contributed by atoms with van der Waals surface area (Å²) < 4.78 is 24.5. The predicted molar refractivity (Wildman–Crippen MR) is 82.1 cm³/mol. The van der Waals surface area contributed by atoms with Crippen molar-refractivity contribution in [1.82, 2.24) is 4.31 Å². The van der Waals surface area contributed by atoms with E-state index in [1.165, 1.54) is 16.8 Å². The molecule has 1 aromatic rings. The average molecular weight is 316 g/mol. The van der Waals surface area contributed by atoms with Gasteiger partial charge in [0, 0.05) is 35.6 Å². The molecule has 1 fully saturated rings. The van der Waals surface area contributed by atoms with Crippen LogP contribution in [0.5, 0.6) is 0 Å². The number of benzene rings is 1. The molecule has 0 atom stereocenters. The summed E-state index contributed by atoms with van der Waals surface area (Å²) >= 11 is 6.04. The second-order valence-corrected chi connectivity index (χ2v) is 7.50. The predicted octanol–water partition coefficient (Wildman–Crippen LogP) is 2.06. The Kier molecular flexibility index (Phi) is 4.36. The fourth-order valence-electron chi connectivity index (χ4n) is 2.66. The third-order valence-corrected chi connectivity index (χ3v) is 5.24. The lowest BCUT2D eigenvalue weighted by molar-refractivity contribution is 0.321. The van der Waals surface area contributed by atoms with Crippen molar-refractivity contribution in [3.63, 3.8) is 0 Å². The molecule has 0 saturated carbocycles. The summed E-state index contributed by atoms with van der Waals surface area (Å²) in [5.41, 5.74) is 8.02. The van der Waals surface area contributed by atoms with Gasteiger partial charge in [-0.2, -0.15) is 0 Å². The molecule has 0 spiro atoms. The molecule has 7 heteroatoms. The minimum Gasteiger partial charge on any atom is -0.398 e. The first-order valence-electron chi connectivity index (χ1n) is 6.37. The van der Waals surface area contributed by atoms with E-state index in [2.05, 4.69) is 0 Å². The zero-order chi connectivity index (χ0) is 14.9. The molecule has 1 aromatic carbocycles. The number of rotatable bonds is 3. The van der Waals surface area contributed by atoms with Gasteiger partial charge < -0.3 is 11.1 Å². The standard InChI is InChI=1S/C13H18ClN3O2S/c1-20(18,19)17-4-2-9(3-5-17)11-6-10(14)7-13(16)12(11)8-15/h6-9,15H,2-5,16H2,1H3. The molecule has 0 amide bonds. The van der Waals surface area contributed by atoms with E-state index in [1.807, 2.05) is 6.07 Å². The lowest BCUT2D eigenvalue weighted by atomic mass is 9.87. The van der Waals surface area contributed by atoms with Crippen molar-refractivity contribution < 1.29 is 8.42 Å².